The predicted molar refractivity (Wildman–Crippen MR) is 111 cm³/mol. The number of fused-ring (bicyclic) bond motifs is 2. The maximum atomic E-state index is 12.5. The normalized spacial score (nSPS) is 12.4. The van der Waals surface area contributed by atoms with Crippen LogP contribution in [0.5, 0.6) is 5.75 Å². The van der Waals surface area contributed by atoms with Crippen LogP contribution in [-0.2, 0) is 4.79 Å². The number of nitrogens with zero attached hydrogens (tertiary/aromatic N) is 2. The number of carbonyl (C=O) groups is 1. The fraction of sp³-hybridized carbons (Fsp3) is 0.211. The van der Waals surface area contributed by atoms with E-state index in [1.165, 1.54) is 23.1 Å². The second-order valence-corrected chi connectivity index (χ2v) is 8.25. The number of para-hydroxylation sites is 2. The first-order valence-corrected chi connectivity index (χ1v) is 10.3. The predicted octanol–water partition coefficient (Wildman–Crippen LogP) is 4.69. The molecule has 2 aromatic carbocycles. The van der Waals surface area contributed by atoms with E-state index in [2.05, 4.69) is 20.3 Å². The highest BCUT2D eigenvalue weighted by molar-refractivity contribution is 8.00. The number of thioether (sulfide) groups is 1. The number of aromatic nitrogens is 3. The zero-order chi connectivity index (χ0) is 18.8. The molecule has 2 N–H and O–H groups in total. The van der Waals surface area contributed by atoms with Crippen molar-refractivity contribution < 1.29 is 9.53 Å². The average Bonchev–Trinajstić information content (AvgIpc) is 3.24. The molecule has 2 heterocycles. The van der Waals surface area contributed by atoms with Crippen LogP contribution in [-0.4, -0.2) is 32.7 Å². The summed E-state index contributed by atoms with van der Waals surface area (Å²) in [5, 5.41) is 3.90. The molecule has 138 valence electrons. The van der Waals surface area contributed by atoms with Crippen LogP contribution in [0, 0.1) is 0 Å². The first-order valence-electron chi connectivity index (χ1n) is 8.58. The molecule has 0 aliphatic rings. The topological polar surface area (TPSA) is 79.9 Å². The molecule has 4 aromatic rings. The largest absolute Gasteiger partial charge is 0.494 e. The zero-order valence-electron chi connectivity index (χ0n) is 14.9. The van der Waals surface area contributed by atoms with Gasteiger partial charge in [0.05, 0.1) is 33.1 Å². The summed E-state index contributed by atoms with van der Waals surface area (Å²) in [6.45, 7) is 4.42. The van der Waals surface area contributed by atoms with Crippen molar-refractivity contribution in [1.82, 2.24) is 15.0 Å². The molecule has 6 nitrogen and oxygen atoms in total. The van der Waals surface area contributed by atoms with E-state index >= 15 is 0 Å². The lowest BCUT2D eigenvalue weighted by Crippen LogP contribution is -2.22. The molecule has 27 heavy (non-hydrogen) atoms. The molecule has 1 unspecified atom stereocenters. The first kappa shape index (κ1) is 17.8. The smallest absolute Gasteiger partial charge is 0.239 e. The maximum absolute atomic E-state index is 12.5. The van der Waals surface area contributed by atoms with Gasteiger partial charge in [0.15, 0.2) is 10.3 Å². The Bertz CT molecular complexity index is 1070. The second kappa shape index (κ2) is 7.58. The minimum absolute atomic E-state index is 0.107. The van der Waals surface area contributed by atoms with Crippen molar-refractivity contribution in [2.45, 2.75) is 24.3 Å². The van der Waals surface area contributed by atoms with Crippen LogP contribution in [0.2, 0.25) is 0 Å². The van der Waals surface area contributed by atoms with Gasteiger partial charge in [0.1, 0.15) is 5.75 Å². The van der Waals surface area contributed by atoms with E-state index in [9.17, 15) is 4.79 Å². The highest BCUT2D eigenvalue weighted by atomic mass is 32.2. The summed E-state index contributed by atoms with van der Waals surface area (Å²) in [5.41, 5.74) is 2.70. The van der Waals surface area contributed by atoms with Crippen LogP contribution in [0.1, 0.15) is 13.8 Å². The van der Waals surface area contributed by atoms with Gasteiger partial charge < -0.3 is 15.0 Å². The summed E-state index contributed by atoms with van der Waals surface area (Å²) in [6, 6.07) is 13.5. The van der Waals surface area contributed by atoms with Crippen molar-refractivity contribution >= 4 is 55.4 Å². The Kier molecular flexibility index (Phi) is 5.00. The minimum atomic E-state index is -0.309. The zero-order valence-corrected chi connectivity index (χ0v) is 16.5. The number of aromatic amines is 1. The molecule has 0 saturated heterocycles. The average molecular weight is 399 g/mol. The van der Waals surface area contributed by atoms with Gasteiger partial charge in [-0.2, -0.15) is 0 Å². The number of thiazole rings is 1. The van der Waals surface area contributed by atoms with E-state index < -0.39 is 0 Å². The number of H-pyrrole nitrogens is 1. The minimum Gasteiger partial charge on any atom is -0.494 e. The quantitative estimate of drug-likeness (QED) is 0.461. The monoisotopic (exact) mass is 398 g/mol. The summed E-state index contributed by atoms with van der Waals surface area (Å²) in [7, 11) is 0. The Morgan fingerprint density at radius 2 is 2.11 bits per heavy atom. The van der Waals surface area contributed by atoms with Crippen molar-refractivity contribution in [3.8, 4) is 5.75 Å². The number of nitrogens with one attached hydrogen (secondary N) is 2. The number of hydrogen-bond acceptors (Lipinski definition) is 6. The van der Waals surface area contributed by atoms with Gasteiger partial charge in [0.2, 0.25) is 5.91 Å². The number of rotatable bonds is 6. The SMILES string of the molecule is CCOc1ccc2nc(NC(=O)C(C)Sc3nc4ccccc4[nH]3)sc2c1. The molecule has 0 radical (unpaired) electrons. The molecule has 0 saturated carbocycles. The van der Waals surface area contributed by atoms with Gasteiger partial charge in [-0.3, -0.25) is 4.79 Å². The maximum Gasteiger partial charge on any atom is 0.239 e. The number of anilines is 1. The van der Waals surface area contributed by atoms with Crippen molar-refractivity contribution in [2.24, 2.45) is 0 Å². The van der Waals surface area contributed by atoms with Crippen LogP contribution in [0.4, 0.5) is 5.13 Å². The van der Waals surface area contributed by atoms with Crippen LogP contribution < -0.4 is 10.1 Å². The number of amides is 1. The van der Waals surface area contributed by atoms with E-state index in [-0.39, 0.29) is 11.2 Å². The van der Waals surface area contributed by atoms with Crippen LogP contribution in [0.3, 0.4) is 0 Å². The Morgan fingerprint density at radius 3 is 2.93 bits per heavy atom. The third-order valence-electron chi connectivity index (χ3n) is 3.93. The van der Waals surface area contributed by atoms with Crippen molar-refractivity contribution in [3.63, 3.8) is 0 Å². The Balaban J connectivity index is 1.45. The van der Waals surface area contributed by atoms with Crippen molar-refractivity contribution in [3.05, 3.63) is 42.5 Å². The number of carbonyl (C=O) groups excluding carboxylic acids is 1. The molecule has 0 spiro atoms. The van der Waals surface area contributed by atoms with Gasteiger partial charge in [-0.1, -0.05) is 35.2 Å². The summed E-state index contributed by atoms with van der Waals surface area (Å²) in [5.74, 6) is 0.699. The van der Waals surface area contributed by atoms with Crippen LogP contribution in [0.25, 0.3) is 21.3 Å². The lowest BCUT2D eigenvalue weighted by molar-refractivity contribution is -0.115. The van der Waals surface area contributed by atoms with Gasteiger partial charge in [-0.15, -0.1) is 0 Å². The van der Waals surface area contributed by atoms with Gasteiger partial charge in [0.25, 0.3) is 0 Å². The summed E-state index contributed by atoms with van der Waals surface area (Å²) >= 11 is 2.83. The lowest BCUT2D eigenvalue weighted by Gasteiger charge is -2.08. The second-order valence-electron chi connectivity index (χ2n) is 5.89. The molecular formula is C19H18N4O2S2. The summed E-state index contributed by atoms with van der Waals surface area (Å²) in [6.07, 6.45) is 0. The number of benzene rings is 2. The molecule has 0 aliphatic heterocycles. The van der Waals surface area contributed by atoms with Gasteiger partial charge >= 0.3 is 0 Å². The van der Waals surface area contributed by atoms with E-state index in [0.29, 0.717) is 11.7 Å². The molecule has 0 fully saturated rings. The molecular weight excluding hydrogens is 380 g/mol. The van der Waals surface area contributed by atoms with E-state index in [1.807, 2.05) is 56.3 Å². The van der Waals surface area contributed by atoms with Crippen LogP contribution in [0.15, 0.2) is 47.6 Å². The molecule has 0 bridgehead atoms. The van der Waals surface area contributed by atoms with Crippen LogP contribution >= 0.6 is 23.1 Å². The van der Waals surface area contributed by atoms with E-state index in [0.717, 1.165) is 32.2 Å². The third-order valence-corrected chi connectivity index (χ3v) is 5.84. The Hall–Kier alpha value is -2.58. The van der Waals surface area contributed by atoms with E-state index in [1.54, 1.807) is 0 Å². The lowest BCUT2D eigenvalue weighted by atomic mass is 10.3. The van der Waals surface area contributed by atoms with Crippen molar-refractivity contribution in [1.29, 1.82) is 0 Å². The summed E-state index contributed by atoms with van der Waals surface area (Å²) in [4.78, 5) is 24.8. The molecule has 1 atom stereocenters. The van der Waals surface area contributed by atoms with Gasteiger partial charge in [0, 0.05) is 0 Å². The number of ether oxygens (including phenoxy) is 1. The first-order chi connectivity index (χ1) is 13.1. The highest BCUT2D eigenvalue weighted by Crippen LogP contribution is 2.30. The Labute approximate surface area is 164 Å². The molecule has 8 heteroatoms. The molecule has 4 rings (SSSR count). The fourth-order valence-corrected chi connectivity index (χ4v) is 4.35. The fourth-order valence-electron chi connectivity index (χ4n) is 2.63. The van der Waals surface area contributed by atoms with Gasteiger partial charge in [-0.25, -0.2) is 9.97 Å². The number of hydrogen-bond donors (Lipinski definition) is 2. The number of imidazole rings is 1. The third kappa shape index (κ3) is 3.91. The van der Waals surface area contributed by atoms with Crippen molar-refractivity contribution in [2.75, 3.05) is 11.9 Å². The standard InChI is InChI=1S/C19H18N4O2S2/c1-3-25-12-8-9-15-16(10-12)27-19(22-15)23-17(24)11(2)26-18-20-13-6-4-5-7-14(13)21-18/h4-11H,3H2,1-2H3,(H,20,21)(H,22,23,24). The highest BCUT2D eigenvalue weighted by Gasteiger charge is 2.18. The Morgan fingerprint density at radius 1 is 1.26 bits per heavy atom. The molecule has 2 aromatic heterocycles. The van der Waals surface area contributed by atoms with E-state index in [4.69, 9.17) is 4.74 Å². The summed E-state index contributed by atoms with van der Waals surface area (Å²) < 4.78 is 6.49. The molecule has 1 amide bonds. The molecule has 0 aliphatic carbocycles. The van der Waals surface area contributed by atoms with Gasteiger partial charge in [-0.05, 0) is 44.2 Å².